The van der Waals surface area contributed by atoms with Crippen LogP contribution < -0.4 is 0 Å². The normalized spacial score (nSPS) is 33.0. The van der Waals surface area contributed by atoms with Crippen LogP contribution in [0.2, 0.25) is 0 Å². The molecule has 0 heterocycles. The Morgan fingerprint density at radius 3 is 1.79 bits per heavy atom. The summed E-state index contributed by atoms with van der Waals surface area (Å²) >= 11 is 0. The third-order valence-electron chi connectivity index (χ3n) is 4.68. The van der Waals surface area contributed by atoms with Crippen LogP contribution in [0, 0.1) is 29.6 Å². The molecule has 1 rings (SSSR count). The maximum absolute atomic E-state index is 2.48. The molecule has 0 spiro atoms. The SMILES string of the molecule is CC1CCC(C(C)C(C)C(C)C)CC1. The summed E-state index contributed by atoms with van der Waals surface area (Å²) in [5, 5.41) is 0. The minimum absolute atomic E-state index is 0.851. The molecule has 0 aromatic heterocycles. The van der Waals surface area contributed by atoms with Gasteiger partial charge in [-0.05, 0) is 42.4 Å². The van der Waals surface area contributed by atoms with E-state index in [9.17, 15) is 0 Å². The number of rotatable bonds is 3. The summed E-state index contributed by atoms with van der Waals surface area (Å²) in [6, 6.07) is 0. The maximum atomic E-state index is 2.48. The molecule has 0 bridgehead atoms. The molecular weight excluding hydrogens is 168 g/mol. The van der Waals surface area contributed by atoms with Crippen LogP contribution in [0.3, 0.4) is 0 Å². The van der Waals surface area contributed by atoms with Gasteiger partial charge in [-0.25, -0.2) is 0 Å². The highest BCUT2D eigenvalue weighted by molar-refractivity contribution is 4.78. The zero-order valence-corrected chi connectivity index (χ0v) is 10.7. The topological polar surface area (TPSA) is 0 Å². The maximum Gasteiger partial charge on any atom is -0.0386 e. The number of hydrogen-bond donors (Lipinski definition) is 0. The Bertz CT molecular complexity index is 151. The van der Waals surface area contributed by atoms with Crippen molar-refractivity contribution in [2.45, 2.75) is 60.3 Å². The van der Waals surface area contributed by atoms with Crippen molar-refractivity contribution in [3.8, 4) is 0 Å². The van der Waals surface area contributed by atoms with Crippen molar-refractivity contribution < 1.29 is 0 Å². The third kappa shape index (κ3) is 3.00. The summed E-state index contributed by atoms with van der Waals surface area (Å²) in [5.41, 5.74) is 0. The van der Waals surface area contributed by atoms with Gasteiger partial charge in [0.1, 0.15) is 0 Å². The van der Waals surface area contributed by atoms with E-state index in [4.69, 9.17) is 0 Å². The van der Waals surface area contributed by atoms with E-state index in [1.165, 1.54) is 25.7 Å². The molecule has 0 nitrogen and oxygen atoms in total. The molecule has 0 aliphatic heterocycles. The van der Waals surface area contributed by atoms with Gasteiger partial charge in [0.25, 0.3) is 0 Å². The van der Waals surface area contributed by atoms with E-state index < -0.39 is 0 Å². The Balaban J connectivity index is 2.41. The van der Waals surface area contributed by atoms with Gasteiger partial charge in [0.05, 0.1) is 0 Å². The van der Waals surface area contributed by atoms with Gasteiger partial charge in [-0.2, -0.15) is 0 Å². The van der Waals surface area contributed by atoms with E-state index in [0.717, 1.165) is 29.6 Å². The van der Waals surface area contributed by atoms with Crippen LogP contribution in [0.1, 0.15) is 60.3 Å². The molecule has 84 valence electrons. The van der Waals surface area contributed by atoms with Gasteiger partial charge in [0.2, 0.25) is 0 Å². The molecule has 0 aromatic carbocycles. The molecule has 1 aliphatic rings. The first-order valence-corrected chi connectivity index (χ1v) is 6.52. The Morgan fingerprint density at radius 2 is 1.36 bits per heavy atom. The molecule has 1 fully saturated rings. The fourth-order valence-electron chi connectivity index (χ4n) is 2.85. The Labute approximate surface area is 90.5 Å². The van der Waals surface area contributed by atoms with Crippen molar-refractivity contribution in [2.75, 3.05) is 0 Å². The summed E-state index contributed by atoms with van der Waals surface area (Å²) in [4.78, 5) is 0. The van der Waals surface area contributed by atoms with Crippen molar-refractivity contribution in [3.05, 3.63) is 0 Å². The highest BCUT2D eigenvalue weighted by Crippen LogP contribution is 2.37. The van der Waals surface area contributed by atoms with Crippen molar-refractivity contribution in [1.29, 1.82) is 0 Å². The van der Waals surface area contributed by atoms with Crippen LogP contribution >= 0.6 is 0 Å². The monoisotopic (exact) mass is 196 g/mol. The lowest BCUT2D eigenvalue weighted by Crippen LogP contribution is -2.26. The molecule has 0 N–H and O–H groups in total. The second-order valence-corrected chi connectivity index (χ2v) is 5.98. The van der Waals surface area contributed by atoms with Crippen LogP contribution in [-0.4, -0.2) is 0 Å². The van der Waals surface area contributed by atoms with Gasteiger partial charge < -0.3 is 0 Å². The molecule has 2 unspecified atom stereocenters. The first-order chi connectivity index (χ1) is 6.52. The van der Waals surface area contributed by atoms with Gasteiger partial charge >= 0.3 is 0 Å². The quantitative estimate of drug-likeness (QED) is 0.611. The van der Waals surface area contributed by atoms with Gasteiger partial charge in [0.15, 0.2) is 0 Å². The Kier molecular flexibility index (Phi) is 4.47. The predicted molar refractivity (Wildman–Crippen MR) is 64.3 cm³/mol. The zero-order chi connectivity index (χ0) is 10.7. The predicted octanol–water partition coefficient (Wildman–Crippen LogP) is 4.74. The highest BCUT2D eigenvalue weighted by atomic mass is 14.3. The van der Waals surface area contributed by atoms with Crippen molar-refractivity contribution in [1.82, 2.24) is 0 Å². The fourth-order valence-corrected chi connectivity index (χ4v) is 2.85. The largest absolute Gasteiger partial charge is 0.0625 e. The van der Waals surface area contributed by atoms with Crippen LogP contribution in [-0.2, 0) is 0 Å². The lowest BCUT2D eigenvalue weighted by molar-refractivity contribution is 0.152. The van der Waals surface area contributed by atoms with Gasteiger partial charge in [-0.1, -0.05) is 47.5 Å². The van der Waals surface area contributed by atoms with Crippen molar-refractivity contribution >= 4 is 0 Å². The van der Waals surface area contributed by atoms with Crippen molar-refractivity contribution in [2.24, 2.45) is 29.6 Å². The number of hydrogen-bond acceptors (Lipinski definition) is 0. The molecular formula is C14H28. The summed E-state index contributed by atoms with van der Waals surface area (Å²) in [5.74, 6) is 4.69. The minimum Gasteiger partial charge on any atom is -0.0625 e. The molecule has 0 heteroatoms. The van der Waals surface area contributed by atoms with E-state index >= 15 is 0 Å². The Hall–Kier alpha value is 0. The highest BCUT2D eigenvalue weighted by Gasteiger charge is 2.27. The fraction of sp³-hybridized carbons (Fsp3) is 1.00. The molecule has 14 heavy (non-hydrogen) atoms. The minimum atomic E-state index is 0.851. The molecule has 1 saturated carbocycles. The van der Waals surface area contributed by atoms with Gasteiger partial charge in [-0.3, -0.25) is 0 Å². The summed E-state index contributed by atoms with van der Waals surface area (Å²) < 4.78 is 0. The van der Waals surface area contributed by atoms with Crippen LogP contribution in [0.25, 0.3) is 0 Å². The molecule has 0 saturated heterocycles. The van der Waals surface area contributed by atoms with E-state index in [0.29, 0.717) is 0 Å². The lowest BCUT2D eigenvalue weighted by atomic mass is 9.71. The van der Waals surface area contributed by atoms with Gasteiger partial charge in [0, 0.05) is 0 Å². The summed E-state index contributed by atoms with van der Waals surface area (Å²) in [6.07, 6.45) is 5.92. The zero-order valence-electron chi connectivity index (χ0n) is 10.7. The molecule has 1 aliphatic carbocycles. The molecule has 0 radical (unpaired) electrons. The smallest absolute Gasteiger partial charge is 0.0386 e. The molecule has 2 atom stereocenters. The van der Waals surface area contributed by atoms with Crippen LogP contribution in [0.5, 0.6) is 0 Å². The molecule has 0 aromatic rings. The summed E-state index contributed by atoms with van der Waals surface area (Å²) in [7, 11) is 0. The van der Waals surface area contributed by atoms with E-state index in [-0.39, 0.29) is 0 Å². The molecule has 0 amide bonds. The first-order valence-electron chi connectivity index (χ1n) is 6.52. The summed E-state index contributed by atoms with van der Waals surface area (Å²) in [6.45, 7) is 12.1. The second-order valence-electron chi connectivity index (χ2n) is 5.98. The van der Waals surface area contributed by atoms with Crippen LogP contribution in [0.4, 0.5) is 0 Å². The van der Waals surface area contributed by atoms with Gasteiger partial charge in [-0.15, -0.1) is 0 Å². The van der Waals surface area contributed by atoms with E-state index in [2.05, 4.69) is 34.6 Å². The Morgan fingerprint density at radius 1 is 0.857 bits per heavy atom. The average molecular weight is 196 g/mol. The second kappa shape index (κ2) is 5.19. The van der Waals surface area contributed by atoms with Crippen molar-refractivity contribution in [3.63, 3.8) is 0 Å². The van der Waals surface area contributed by atoms with E-state index in [1.54, 1.807) is 0 Å². The third-order valence-corrected chi connectivity index (χ3v) is 4.68. The van der Waals surface area contributed by atoms with E-state index in [1.807, 2.05) is 0 Å². The standard InChI is InChI=1S/C14H28/c1-10(2)12(4)13(5)14-8-6-11(3)7-9-14/h10-14H,6-9H2,1-5H3. The lowest BCUT2D eigenvalue weighted by Gasteiger charge is -2.35. The average Bonchev–Trinajstić information content (AvgIpc) is 2.16. The first kappa shape index (κ1) is 12.1. The van der Waals surface area contributed by atoms with Crippen LogP contribution in [0.15, 0.2) is 0 Å².